The number of carbonyl (C=O) groups excluding carboxylic acids is 3. The minimum Gasteiger partial charge on any atom is -0.465 e. The number of carbonyl (C=O) groups is 3. The summed E-state index contributed by atoms with van der Waals surface area (Å²) in [5, 5.41) is 0.515. The maximum atomic E-state index is 12.8. The van der Waals surface area contributed by atoms with E-state index < -0.39 is 23.8 Å². The van der Waals surface area contributed by atoms with Crippen molar-refractivity contribution in [1.29, 1.82) is 0 Å². The van der Waals surface area contributed by atoms with Crippen molar-refractivity contribution in [2.45, 2.75) is 26.2 Å². The Morgan fingerprint density at radius 1 is 0.857 bits per heavy atom. The topological polar surface area (TPSA) is 69.7 Å². The summed E-state index contributed by atoms with van der Waals surface area (Å²) in [5.74, 6) is -3.57. The highest BCUT2D eigenvalue weighted by molar-refractivity contribution is 6.30. The van der Waals surface area contributed by atoms with Crippen LogP contribution in [0.1, 0.15) is 42.1 Å². The summed E-state index contributed by atoms with van der Waals surface area (Å²) in [6, 6.07) is 15.5. The molecule has 2 aromatic rings. The lowest BCUT2D eigenvalue weighted by molar-refractivity contribution is -0.162. The summed E-state index contributed by atoms with van der Waals surface area (Å²) in [6.45, 7) is 3.56. The highest BCUT2D eigenvalue weighted by Crippen LogP contribution is 2.32. The van der Waals surface area contributed by atoms with E-state index in [-0.39, 0.29) is 25.4 Å². The van der Waals surface area contributed by atoms with Gasteiger partial charge < -0.3 is 9.47 Å². The predicted octanol–water partition coefficient (Wildman–Crippen LogP) is 4.44. The second-order valence-electron chi connectivity index (χ2n) is 6.13. The molecule has 0 amide bonds. The highest BCUT2D eigenvalue weighted by Gasteiger charge is 2.39. The summed E-state index contributed by atoms with van der Waals surface area (Å²) in [6.07, 6.45) is -0.0477. The van der Waals surface area contributed by atoms with Crippen molar-refractivity contribution in [3.63, 3.8) is 0 Å². The Hall–Kier alpha value is -2.66. The van der Waals surface area contributed by atoms with E-state index in [1.165, 1.54) is 0 Å². The molecule has 0 aliphatic heterocycles. The van der Waals surface area contributed by atoms with E-state index in [1.54, 1.807) is 62.4 Å². The van der Waals surface area contributed by atoms with Gasteiger partial charge in [-0.25, -0.2) is 0 Å². The van der Waals surface area contributed by atoms with Crippen molar-refractivity contribution < 1.29 is 23.9 Å². The second-order valence-corrected chi connectivity index (χ2v) is 6.57. The molecular formula is C22H23ClO5. The Labute approximate surface area is 169 Å². The van der Waals surface area contributed by atoms with E-state index in [0.717, 1.165) is 0 Å². The Balaban J connectivity index is 2.44. The molecule has 0 aliphatic carbocycles. The molecular weight excluding hydrogens is 380 g/mol. The third-order valence-electron chi connectivity index (χ3n) is 4.28. The van der Waals surface area contributed by atoms with Crippen LogP contribution in [0.15, 0.2) is 54.6 Å². The Bertz CT molecular complexity index is 783. The molecule has 6 heteroatoms. The van der Waals surface area contributed by atoms with Gasteiger partial charge in [0.25, 0.3) is 0 Å². The van der Waals surface area contributed by atoms with E-state index in [4.69, 9.17) is 21.1 Å². The summed E-state index contributed by atoms with van der Waals surface area (Å²) < 4.78 is 10.2. The number of ether oxygens (including phenoxy) is 2. The van der Waals surface area contributed by atoms with Crippen LogP contribution in [0, 0.1) is 5.92 Å². The van der Waals surface area contributed by atoms with Crippen molar-refractivity contribution >= 4 is 29.3 Å². The predicted molar refractivity (Wildman–Crippen MR) is 106 cm³/mol. The summed E-state index contributed by atoms with van der Waals surface area (Å²) in [5.41, 5.74) is 1.15. The molecule has 0 fully saturated rings. The van der Waals surface area contributed by atoms with Gasteiger partial charge in [-0.2, -0.15) is 0 Å². The van der Waals surface area contributed by atoms with Crippen LogP contribution < -0.4 is 0 Å². The molecule has 148 valence electrons. The monoisotopic (exact) mass is 402 g/mol. The van der Waals surface area contributed by atoms with Gasteiger partial charge in [-0.05, 0) is 31.5 Å². The van der Waals surface area contributed by atoms with E-state index in [0.29, 0.717) is 16.1 Å². The third kappa shape index (κ3) is 5.67. The quantitative estimate of drug-likeness (QED) is 0.352. The Morgan fingerprint density at radius 3 is 1.89 bits per heavy atom. The van der Waals surface area contributed by atoms with Gasteiger partial charge in [-0.3, -0.25) is 14.4 Å². The van der Waals surface area contributed by atoms with Crippen molar-refractivity contribution in [2.75, 3.05) is 13.2 Å². The minimum absolute atomic E-state index is 0.0477. The van der Waals surface area contributed by atoms with Gasteiger partial charge in [-0.15, -0.1) is 0 Å². The fourth-order valence-corrected chi connectivity index (χ4v) is 3.09. The van der Waals surface area contributed by atoms with Crippen LogP contribution in [-0.4, -0.2) is 30.9 Å². The number of hydrogen-bond acceptors (Lipinski definition) is 5. The van der Waals surface area contributed by atoms with E-state index in [1.807, 2.05) is 6.07 Å². The molecule has 0 radical (unpaired) electrons. The van der Waals surface area contributed by atoms with Crippen molar-refractivity contribution in [3.8, 4) is 0 Å². The SMILES string of the molecule is CCOC(=O)C(C(=O)OCC)[C@H](CC(=O)c1ccccc1)c1ccc(Cl)cc1. The number of esters is 2. The summed E-state index contributed by atoms with van der Waals surface area (Å²) in [7, 11) is 0. The van der Waals surface area contributed by atoms with Crippen LogP contribution in [0.5, 0.6) is 0 Å². The average Bonchev–Trinajstić information content (AvgIpc) is 2.69. The van der Waals surface area contributed by atoms with Gasteiger partial charge >= 0.3 is 11.9 Å². The van der Waals surface area contributed by atoms with E-state index >= 15 is 0 Å². The number of halogens is 1. The van der Waals surface area contributed by atoms with Crippen molar-refractivity contribution in [3.05, 3.63) is 70.7 Å². The number of rotatable bonds is 9. The lowest BCUT2D eigenvalue weighted by atomic mass is 9.81. The molecule has 1 atom stereocenters. The van der Waals surface area contributed by atoms with Crippen molar-refractivity contribution in [2.24, 2.45) is 5.92 Å². The normalized spacial score (nSPS) is 11.7. The van der Waals surface area contributed by atoms with Crippen LogP contribution in [0.3, 0.4) is 0 Å². The van der Waals surface area contributed by atoms with Crippen LogP contribution in [0.4, 0.5) is 0 Å². The van der Waals surface area contributed by atoms with Gasteiger partial charge in [0.05, 0.1) is 13.2 Å². The van der Waals surface area contributed by atoms with Gasteiger partial charge in [0.2, 0.25) is 0 Å². The van der Waals surface area contributed by atoms with Crippen LogP contribution in [0.2, 0.25) is 5.02 Å². The lowest BCUT2D eigenvalue weighted by Gasteiger charge is -2.24. The van der Waals surface area contributed by atoms with Gasteiger partial charge in [0.15, 0.2) is 11.7 Å². The van der Waals surface area contributed by atoms with Gasteiger partial charge in [0.1, 0.15) is 0 Å². The minimum atomic E-state index is -1.24. The molecule has 28 heavy (non-hydrogen) atoms. The number of hydrogen-bond donors (Lipinski definition) is 0. The van der Waals surface area contributed by atoms with Gasteiger partial charge in [0, 0.05) is 22.9 Å². The first-order valence-corrected chi connectivity index (χ1v) is 9.52. The Morgan fingerprint density at radius 2 is 1.39 bits per heavy atom. The smallest absolute Gasteiger partial charge is 0.320 e. The molecule has 0 saturated carbocycles. The molecule has 0 heterocycles. The lowest BCUT2D eigenvalue weighted by Crippen LogP contribution is -2.34. The zero-order valence-corrected chi connectivity index (χ0v) is 16.6. The zero-order chi connectivity index (χ0) is 20.5. The fourth-order valence-electron chi connectivity index (χ4n) is 2.97. The molecule has 0 unspecified atom stereocenters. The second kappa shape index (κ2) is 10.6. The van der Waals surface area contributed by atoms with E-state index in [2.05, 4.69) is 0 Å². The number of ketones is 1. The maximum Gasteiger partial charge on any atom is 0.320 e. The molecule has 0 aliphatic rings. The van der Waals surface area contributed by atoms with E-state index in [9.17, 15) is 14.4 Å². The molecule has 0 N–H and O–H groups in total. The molecule has 2 rings (SSSR count). The first-order valence-electron chi connectivity index (χ1n) is 9.14. The Kier molecular flexibility index (Phi) is 8.20. The first kappa shape index (κ1) is 21.6. The third-order valence-corrected chi connectivity index (χ3v) is 4.53. The van der Waals surface area contributed by atoms with Crippen LogP contribution in [-0.2, 0) is 19.1 Å². The number of Topliss-reactive ketones (excluding diaryl/α,β-unsaturated/α-hetero) is 1. The molecule has 0 bridgehead atoms. The first-order chi connectivity index (χ1) is 13.5. The highest BCUT2D eigenvalue weighted by atomic mass is 35.5. The average molecular weight is 403 g/mol. The number of benzene rings is 2. The van der Waals surface area contributed by atoms with Gasteiger partial charge in [-0.1, -0.05) is 54.1 Å². The standard InChI is InChI=1S/C22H23ClO5/c1-3-27-21(25)20(22(26)28-4-2)18(15-10-12-17(23)13-11-15)14-19(24)16-8-6-5-7-9-16/h5-13,18,20H,3-4,14H2,1-2H3/t18-/m1/s1. The zero-order valence-electron chi connectivity index (χ0n) is 15.9. The summed E-state index contributed by atoms with van der Waals surface area (Å²) >= 11 is 5.97. The van der Waals surface area contributed by atoms with Crippen LogP contribution in [0.25, 0.3) is 0 Å². The molecule has 0 spiro atoms. The van der Waals surface area contributed by atoms with Crippen LogP contribution >= 0.6 is 11.6 Å². The molecule has 2 aromatic carbocycles. The maximum absolute atomic E-state index is 12.8. The molecule has 5 nitrogen and oxygen atoms in total. The largest absolute Gasteiger partial charge is 0.465 e. The molecule has 0 aromatic heterocycles. The van der Waals surface area contributed by atoms with Crippen molar-refractivity contribution in [1.82, 2.24) is 0 Å². The molecule has 0 saturated heterocycles. The fraction of sp³-hybridized carbons (Fsp3) is 0.318. The summed E-state index contributed by atoms with van der Waals surface area (Å²) in [4.78, 5) is 38.0.